The molecule has 0 saturated carbocycles. The number of hydrogen-bond donors (Lipinski definition) is 3. The predicted octanol–water partition coefficient (Wildman–Crippen LogP) is -0.822. The maximum atomic E-state index is 11.8. The SMILES string of the molecule is N#Cc1cccc(CS(=O)(=O)NCC(=O)NCC(=O)O)c1. The van der Waals surface area contributed by atoms with Crippen LogP contribution in [0.3, 0.4) is 0 Å². The topological polar surface area (TPSA) is 136 Å². The number of carboxylic acid groups (broad SMARTS) is 1. The molecule has 3 N–H and O–H groups in total. The average Bonchev–Trinajstić information content (AvgIpc) is 2.42. The van der Waals surface area contributed by atoms with E-state index in [2.05, 4.69) is 4.72 Å². The smallest absolute Gasteiger partial charge is 0.322 e. The lowest BCUT2D eigenvalue weighted by Crippen LogP contribution is -2.39. The van der Waals surface area contributed by atoms with Crippen LogP contribution in [-0.2, 0) is 25.4 Å². The Labute approximate surface area is 121 Å². The van der Waals surface area contributed by atoms with Gasteiger partial charge >= 0.3 is 5.97 Å². The number of nitriles is 1. The Kier molecular flexibility index (Phi) is 5.83. The van der Waals surface area contributed by atoms with E-state index in [4.69, 9.17) is 10.4 Å². The second-order valence-electron chi connectivity index (χ2n) is 4.06. The predicted molar refractivity (Wildman–Crippen MR) is 72.4 cm³/mol. The van der Waals surface area contributed by atoms with Crippen LogP contribution in [0.2, 0.25) is 0 Å². The third kappa shape index (κ3) is 6.51. The molecule has 0 saturated heterocycles. The number of carbonyl (C=O) groups is 2. The summed E-state index contributed by atoms with van der Waals surface area (Å²) in [4.78, 5) is 21.4. The van der Waals surface area contributed by atoms with Crippen molar-refractivity contribution in [3.05, 3.63) is 35.4 Å². The van der Waals surface area contributed by atoms with Crippen LogP contribution in [-0.4, -0.2) is 38.5 Å². The fourth-order valence-corrected chi connectivity index (χ4v) is 2.48. The van der Waals surface area contributed by atoms with Crippen molar-refractivity contribution in [2.24, 2.45) is 0 Å². The molecular formula is C12H13N3O5S. The molecule has 1 amide bonds. The van der Waals surface area contributed by atoms with Gasteiger partial charge in [0.15, 0.2) is 0 Å². The summed E-state index contributed by atoms with van der Waals surface area (Å²) in [5.74, 6) is -2.35. The summed E-state index contributed by atoms with van der Waals surface area (Å²) in [6.07, 6.45) is 0. The number of hydrogen-bond acceptors (Lipinski definition) is 5. The van der Waals surface area contributed by atoms with Gasteiger partial charge in [-0.25, -0.2) is 13.1 Å². The number of nitrogens with one attached hydrogen (secondary N) is 2. The maximum Gasteiger partial charge on any atom is 0.322 e. The van der Waals surface area contributed by atoms with E-state index in [0.717, 1.165) is 0 Å². The number of nitrogens with zero attached hydrogens (tertiary/aromatic N) is 1. The van der Waals surface area contributed by atoms with Crippen molar-refractivity contribution in [3.8, 4) is 6.07 Å². The first kappa shape index (κ1) is 16.6. The Hall–Kier alpha value is -2.44. The highest BCUT2D eigenvalue weighted by Gasteiger charge is 2.14. The molecule has 0 aliphatic heterocycles. The summed E-state index contributed by atoms with van der Waals surface area (Å²) in [6.45, 7) is -1.13. The van der Waals surface area contributed by atoms with Gasteiger partial charge in [0.1, 0.15) is 6.54 Å². The van der Waals surface area contributed by atoms with E-state index in [0.29, 0.717) is 11.1 Å². The van der Waals surface area contributed by atoms with Crippen LogP contribution in [0, 0.1) is 11.3 Å². The second kappa shape index (κ2) is 7.37. The first-order chi connectivity index (χ1) is 9.82. The first-order valence-electron chi connectivity index (χ1n) is 5.77. The van der Waals surface area contributed by atoms with Gasteiger partial charge in [0.25, 0.3) is 0 Å². The van der Waals surface area contributed by atoms with Crippen LogP contribution < -0.4 is 10.0 Å². The number of benzene rings is 1. The molecule has 1 rings (SSSR count). The van der Waals surface area contributed by atoms with Crippen molar-refractivity contribution in [2.45, 2.75) is 5.75 Å². The molecule has 0 aromatic heterocycles. The molecule has 0 atom stereocenters. The molecule has 9 heteroatoms. The molecule has 21 heavy (non-hydrogen) atoms. The standard InChI is InChI=1S/C12H13N3O5S/c13-5-9-2-1-3-10(4-9)8-21(19,20)15-6-11(16)14-7-12(17)18/h1-4,15H,6-8H2,(H,14,16)(H,17,18). The molecule has 112 valence electrons. The number of rotatable bonds is 7. The molecule has 0 aliphatic carbocycles. The lowest BCUT2D eigenvalue weighted by atomic mass is 10.2. The fraction of sp³-hybridized carbons (Fsp3) is 0.250. The van der Waals surface area contributed by atoms with Crippen LogP contribution in [0.5, 0.6) is 0 Å². The number of sulfonamides is 1. The van der Waals surface area contributed by atoms with Crippen molar-refractivity contribution in [3.63, 3.8) is 0 Å². The molecular weight excluding hydrogens is 298 g/mol. The monoisotopic (exact) mass is 311 g/mol. The van der Waals surface area contributed by atoms with Gasteiger partial charge < -0.3 is 10.4 Å². The highest BCUT2D eigenvalue weighted by Crippen LogP contribution is 2.07. The molecule has 0 fully saturated rings. The van der Waals surface area contributed by atoms with E-state index in [-0.39, 0.29) is 5.75 Å². The molecule has 1 aromatic carbocycles. The minimum atomic E-state index is -3.76. The van der Waals surface area contributed by atoms with Crippen molar-refractivity contribution >= 4 is 21.9 Å². The van der Waals surface area contributed by atoms with Gasteiger partial charge in [0.05, 0.1) is 23.9 Å². The highest BCUT2D eigenvalue weighted by atomic mass is 32.2. The summed E-state index contributed by atoms with van der Waals surface area (Å²) in [5.41, 5.74) is 0.745. The Morgan fingerprint density at radius 2 is 2.00 bits per heavy atom. The van der Waals surface area contributed by atoms with Crippen LogP contribution in [0.25, 0.3) is 0 Å². The molecule has 8 nitrogen and oxygen atoms in total. The molecule has 0 radical (unpaired) electrons. The zero-order valence-electron chi connectivity index (χ0n) is 10.9. The van der Waals surface area contributed by atoms with E-state index < -0.39 is 35.0 Å². The Balaban J connectivity index is 2.56. The summed E-state index contributed by atoms with van der Waals surface area (Å²) in [6, 6.07) is 7.98. The molecule has 0 spiro atoms. The molecule has 0 unspecified atom stereocenters. The zero-order valence-corrected chi connectivity index (χ0v) is 11.7. The Morgan fingerprint density at radius 3 is 2.62 bits per heavy atom. The van der Waals surface area contributed by atoms with Crippen LogP contribution in [0.1, 0.15) is 11.1 Å². The van der Waals surface area contributed by atoms with Gasteiger partial charge in [-0.3, -0.25) is 9.59 Å². The summed E-state index contributed by atoms with van der Waals surface area (Å²) in [7, 11) is -3.76. The third-order valence-electron chi connectivity index (χ3n) is 2.30. The van der Waals surface area contributed by atoms with Gasteiger partial charge in [-0.2, -0.15) is 5.26 Å². The lowest BCUT2D eigenvalue weighted by Gasteiger charge is -2.07. The Morgan fingerprint density at radius 1 is 1.29 bits per heavy atom. The van der Waals surface area contributed by atoms with E-state index in [9.17, 15) is 18.0 Å². The van der Waals surface area contributed by atoms with E-state index in [1.807, 2.05) is 11.4 Å². The fourth-order valence-electron chi connectivity index (χ4n) is 1.41. The van der Waals surface area contributed by atoms with E-state index >= 15 is 0 Å². The zero-order chi connectivity index (χ0) is 15.9. The molecule has 1 aromatic rings. The normalized spacial score (nSPS) is 10.6. The average molecular weight is 311 g/mol. The molecule has 0 heterocycles. The number of carbonyl (C=O) groups excluding carboxylic acids is 1. The number of aliphatic carboxylic acids is 1. The minimum Gasteiger partial charge on any atom is -0.480 e. The van der Waals surface area contributed by atoms with Gasteiger partial charge in [-0.15, -0.1) is 0 Å². The quantitative estimate of drug-likeness (QED) is 0.601. The van der Waals surface area contributed by atoms with Crippen molar-refractivity contribution in [1.82, 2.24) is 10.0 Å². The van der Waals surface area contributed by atoms with Gasteiger partial charge in [-0.1, -0.05) is 12.1 Å². The number of carboxylic acids is 1. The van der Waals surface area contributed by atoms with Crippen LogP contribution >= 0.6 is 0 Å². The van der Waals surface area contributed by atoms with Crippen molar-refractivity contribution in [1.29, 1.82) is 5.26 Å². The largest absolute Gasteiger partial charge is 0.480 e. The van der Waals surface area contributed by atoms with Crippen molar-refractivity contribution in [2.75, 3.05) is 13.1 Å². The van der Waals surface area contributed by atoms with Crippen LogP contribution in [0.15, 0.2) is 24.3 Å². The summed E-state index contributed by atoms with van der Waals surface area (Å²) >= 11 is 0. The van der Waals surface area contributed by atoms with E-state index in [1.165, 1.54) is 6.07 Å². The second-order valence-corrected chi connectivity index (χ2v) is 5.87. The lowest BCUT2D eigenvalue weighted by molar-refractivity contribution is -0.137. The van der Waals surface area contributed by atoms with Gasteiger partial charge in [-0.05, 0) is 17.7 Å². The molecule has 0 bridgehead atoms. The van der Waals surface area contributed by atoms with Gasteiger partial charge in [0.2, 0.25) is 15.9 Å². The van der Waals surface area contributed by atoms with E-state index in [1.54, 1.807) is 18.2 Å². The van der Waals surface area contributed by atoms with Crippen molar-refractivity contribution < 1.29 is 23.1 Å². The summed E-state index contributed by atoms with van der Waals surface area (Å²) in [5, 5.41) is 19.1. The summed E-state index contributed by atoms with van der Waals surface area (Å²) < 4.78 is 25.6. The highest BCUT2D eigenvalue weighted by molar-refractivity contribution is 7.88. The van der Waals surface area contributed by atoms with Gasteiger partial charge in [0, 0.05) is 0 Å². The first-order valence-corrected chi connectivity index (χ1v) is 7.42. The minimum absolute atomic E-state index is 0.335. The third-order valence-corrected chi connectivity index (χ3v) is 3.60. The Bertz CT molecular complexity index is 678. The molecule has 0 aliphatic rings. The number of amides is 1. The maximum absolute atomic E-state index is 11.8. The van der Waals surface area contributed by atoms with Crippen LogP contribution in [0.4, 0.5) is 0 Å².